The molecule has 0 bridgehead atoms. The van der Waals surface area contributed by atoms with Gasteiger partial charge in [-0.1, -0.05) is 58.3 Å². The molecule has 0 aliphatic heterocycles. The lowest BCUT2D eigenvalue weighted by molar-refractivity contribution is 0.490. The van der Waals surface area contributed by atoms with Crippen molar-refractivity contribution in [3.63, 3.8) is 0 Å². The summed E-state index contributed by atoms with van der Waals surface area (Å²) in [6, 6.07) is 0. The predicted molar refractivity (Wildman–Crippen MR) is 87.0 cm³/mol. The number of aryl methyl sites for hydroxylation is 1. The summed E-state index contributed by atoms with van der Waals surface area (Å²) in [6.45, 7) is 2.27. The highest BCUT2D eigenvalue weighted by Gasteiger charge is 1.95. The number of rotatable bonds is 10. The van der Waals surface area contributed by atoms with Gasteiger partial charge in [0.1, 0.15) is 5.82 Å². The van der Waals surface area contributed by atoms with Crippen molar-refractivity contribution in [3.8, 4) is 0 Å². The number of imidazole rings is 1. The van der Waals surface area contributed by atoms with Crippen molar-refractivity contribution in [2.75, 3.05) is 6.26 Å². The third kappa shape index (κ3) is 19.1. The van der Waals surface area contributed by atoms with Crippen LogP contribution in [-0.4, -0.2) is 29.2 Å². The van der Waals surface area contributed by atoms with Crippen molar-refractivity contribution in [1.82, 2.24) is 9.97 Å². The lowest BCUT2D eigenvalue weighted by Crippen LogP contribution is -1.88. The zero-order valence-corrected chi connectivity index (χ0v) is 14.2. The van der Waals surface area contributed by atoms with Crippen LogP contribution in [0.3, 0.4) is 0 Å². The van der Waals surface area contributed by atoms with E-state index in [1.165, 1.54) is 57.8 Å². The largest absolute Gasteiger partial charge is 0.349 e. The second-order valence-electron chi connectivity index (χ2n) is 5.35. The molecule has 0 amide bonds. The van der Waals surface area contributed by atoms with Gasteiger partial charge in [-0.05, 0) is 6.42 Å². The molecule has 1 heterocycles. The van der Waals surface area contributed by atoms with E-state index in [0.717, 1.165) is 12.2 Å². The average Bonchev–Trinajstić information content (AvgIpc) is 2.88. The van der Waals surface area contributed by atoms with Crippen molar-refractivity contribution in [3.05, 3.63) is 18.2 Å². The molecule has 124 valence electrons. The van der Waals surface area contributed by atoms with E-state index >= 15 is 0 Å². The smallest absolute Gasteiger partial charge is 0.261 e. The van der Waals surface area contributed by atoms with Crippen LogP contribution in [0.25, 0.3) is 0 Å². The summed E-state index contributed by atoms with van der Waals surface area (Å²) in [5.41, 5.74) is 0. The van der Waals surface area contributed by atoms with Gasteiger partial charge in [0.2, 0.25) is 0 Å². The first-order valence-corrected chi connectivity index (χ1v) is 9.69. The second kappa shape index (κ2) is 12.8. The van der Waals surface area contributed by atoms with Gasteiger partial charge in [0.15, 0.2) is 0 Å². The summed E-state index contributed by atoms with van der Waals surface area (Å²) in [4.78, 5) is 7.38. The highest BCUT2D eigenvalue weighted by atomic mass is 32.2. The first-order chi connectivity index (χ1) is 9.93. The number of unbranched alkanes of at least 4 members (excludes halogenated alkanes) is 8. The molecule has 1 aromatic rings. The highest BCUT2D eigenvalue weighted by Crippen LogP contribution is 2.10. The molecule has 1 rings (SSSR count). The summed E-state index contributed by atoms with van der Waals surface area (Å²) >= 11 is 0. The van der Waals surface area contributed by atoms with E-state index in [9.17, 15) is 8.42 Å². The lowest BCUT2D eigenvalue weighted by atomic mass is 10.1. The number of nitrogens with zero attached hydrogens (tertiary/aromatic N) is 1. The van der Waals surface area contributed by atoms with Gasteiger partial charge in [0, 0.05) is 18.8 Å². The van der Waals surface area contributed by atoms with E-state index in [-0.39, 0.29) is 0 Å². The van der Waals surface area contributed by atoms with Gasteiger partial charge < -0.3 is 4.98 Å². The second-order valence-corrected chi connectivity index (χ2v) is 6.81. The Morgan fingerprint density at radius 2 is 1.52 bits per heavy atom. The summed E-state index contributed by atoms with van der Waals surface area (Å²) in [5.74, 6) is 1.14. The fourth-order valence-corrected chi connectivity index (χ4v) is 2.04. The number of hydrogen-bond acceptors (Lipinski definition) is 3. The zero-order valence-electron chi connectivity index (χ0n) is 13.3. The molecule has 0 atom stereocenters. The Morgan fingerprint density at radius 3 is 1.95 bits per heavy atom. The summed E-state index contributed by atoms with van der Waals surface area (Å²) in [6.07, 6.45) is 18.1. The van der Waals surface area contributed by atoms with E-state index in [1.54, 1.807) is 0 Å². The Balaban J connectivity index is 0.000000690. The molecule has 0 spiro atoms. The molecule has 5 nitrogen and oxygen atoms in total. The predicted octanol–water partition coefficient (Wildman–Crippen LogP) is 3.99. The molecule has 0 aliphatic carbocycles. The minimum Gasteiger partial charge on any atom is -0.349 e. The van der Waals surface area contributed by atoms with Crippen molar-refractivity contribution in [2.45, 2.75) is 71.1 Å². The van der Waals surface area contributed by atoms with Crippen LogP contribution in [0.2, 0.25) is 0 Å². The van der Waals surface area contributed by atoms with Gasteiger partial charge in [-0.15, -0.1) is 0 Å². The highest BCUT2D eigenvalue weighted by molar-refractivity contribution is 7.85. The molecular formula is C15H30N2O3S. The molecule has 0 aromatic carbocycles. The van der Waals surface area contributed by atoms with Gasteiger partial charge in [-0.2, -0.15) is 8.42 Å². The molecular weight excluding hydrogens is 288 g/mol. The van der Waals surface area contributed by atoms with Gasteiger partial charge in [-0.25, -0.2) is 4.98 Å². The fourth-order valence-electron chi connectivity index (χ4n) is 2.04. The number of nitrogens with one attached hydrogen (secondary N) is 1. The van der Waals surface area contributed by atoms with Crippen LogP contribution in [0.5, 0.6) is 0 Å². The lowest BCUT2D eigenvalue weighted by Gasteiger charge is -2.01. The Bertz CT molecular complexity index is 408. The van der Waals surface area contributed by atoms with E-state index in [1.807, 2.05) is 12.4 Å². The minimum absolute atomic E-state index is 0.715. The Kier molecular flexibility index (Phi) is 12.3. The first-order valence-electron chi connectivity index (χ1n) is 7.84. The minimum atomic E-state index is -3.67. The normalized spacial score (nSPS) is 11.0. The van der Waals surface area contributed by atoms with Gasteiger partial charge >= 0.3 is 0 Å². The number of hydrogen-bond donors (Lipinski definition) is 2. The van der Waals surface area contributed by atoms with Gasteiger partial charge in [0.25, 0.3) is 10.1 Å². The molecule has 0 radical (unpaired) electrons. The monoisotopic (exact) mass is 318 g/mol. The maximum absolute atomic E-state index is 9.19. The number of aromatic amines is 1. The number of H-pyrrole nitrogens is 1. The quantitative estimate of drug-likeness (QED) is 0.505. The molecule has 0 fully saturated rings. The molecule has 0 aliphatic rings. The Labute approximate surface area is 129 Å². The van der Waals surface area contributed by atoms with E-state index < -0.39 is 10.1 Å². The van der Waals surface area contributed by atoms with E-state index in [0.29, 0.717) is 6.26 Å². The van der Waals surface area contributed by atoms with Crippen molar-refractivity contribution >= 4 is 10.1 Å². The summed E-state index contributed by atoms with van der Waals surface area (Å²) in [7, 11) is -3.67. The standard InChI is InChI=1S/C14H26N2.CH4O3S/c1-2-3-4-5-6-7-8-9-10-11-14-15-12-13-16-14;1-5(2,3)4/h12-13H,2-11H2,1H3,(H,15,16);1H3,(H,2,3,4). The van der Waals surface area contributed by atoms with E-state index in [4.69, 9.17) is 4.55 Å². The van der Waals surface area contributed by atoms with Crippen LogP contribution in [0.15, 0.2) is 12.4 Å². The molecule has 0 saturated carbocycles. The SMILES string of the molecule is CCCCCCCCCCCc1ncc[nH]1.CS(=O)(=O)O. The number of aromatic nitrogens is 2. The topological polar surface area (TPSA) is 83.0 Å². The van der Waals surface area contributed by atoms with Gasteiger partial charge in [0.05, 0.1) is 6.26 Å². The maximum Gasteiger partial charge on any atom is 0.261 e. The summed E-state index contributed by atoms with van der Waals surface area (Å²) in [5, 5.41) is 0. The van der Waals surface area contributed by atoms with Crippen molar-refractivity contribution in [1.29, 1.82) is 0 Å². The van der Waals surface area contributed by atoms with Crippen LogP contribution in [0, 0.1) is 0 Å². The maximum atomic E-state index is 9.19. The molecule has 1 aromatic heterocycles. The first kappa shape index (κ1) is 20.1. The Morgan fingerprint density at radius 1 is 1.05 bits per heavy atom. The molecule has 0 unspecified atom stereocenters. The molecule has 6 heteroatoms. The fraction of sp³-hybridized carbons (Fsp3) is 0.800. The zero-order chi connectivity index (χ0) is 16.0. The van der Waals surface area contributed by atoms with Crippen molar-refractivity contribution < 1.29 is 13.0 Å². The van der Waals surface area contributed by atoms with Crippen molar-refractivity contribution in [2.24, 2.45) is 0 Å². The molecule has 2 N–H and O–H groups in total. The van der Waals surface area contributed by atoms with Gasteiger partial charge in [-0.3, -0.25) is 4.55 Å². The average molecular weight is 318 g/mol. The molecule has 21 heavy (non-hydrogen) atoms. The third-order valence-corrected chi connectivity index (χ3v) is 3.07. The third-order valence-electron chi connectivity index (χ3n) is 3.07. The van der Waals surface area contributed by atoms with E-state index in [2.05, 4.69) is 16.9 Å². The van der Waals surface area contributed by atoms with Crippen LogP contribution >= 0.6 is 0 Å². The van der Waals surface area contributed by atoms with Crippen LogP contribution in [0.4, 0.5) is 0 Å². The summed E-state index contributed by atoms with van der Waals surface area (Å²) < 4.78 is 25.9. The van der Waals surface area contributed by atoms with Crippen LogP contribution in [-0.2, 0) is 16.5 Å². The molecule has 0 saturated heterocycles. The van der Waals surface area contributed by atoms with Crippen LogP contribution in [0.1, 0.15) is 70.5 Å². The van der Waals surface area contributed by atoms with Crippen LogP contribution < -0.4 is 0 Å². The Hall–Kier alpha value is -0.880.